The summed E-state index contributed by atoms with van der Waals surface area (Å²) in [5.74, 6) is 0.175. The lowest BCUT2D eigenvalue weighted by Gasteiger charge is -2.38. The second-order valence-electron chi connectivity index (χ2n) is 7.88. The highest BCUT2D eigenvalue weighted by Gasteiger charge is 2.34. The largest absolute Gasteiger partial charge is 0.341 e. The Morgan fingerprint density at radius 1 is 0.926 bits per heavy atom. The monoisotopic (exact) mass is 393 g/mol. The summed E-state index contributed by atoms with van der Waals surface area (Å²) in [6, 6.07) is 3.66. The van der Waals surface area contributed by atoms with Crippen LogP contribution >= 0.6 is 0 Å². The number of likely N-dealkylation sites (tertiary alicyclic amines) is 1. The Morgan fingerprint density at radius 3 is 1.96 bits per heavy atom. The number of carbonyl (C=O) groups excluding carboxylic acids is 1. The molecule has 27 heavy (non-hydrogen) atoms. The summed E-state index contributed by atoms with van der Waals surface area (Å²) in [6.07, 6.45) is 2.17. The van der Waals surface area contributed by atoms with Crippen molar-refractivity contribution in [3.05, 3.63) is 28.8 Å². The summed E-state index contributed by atoms with van der Waals surface area (Å²) in [5.41, 5.74) is 2.67. The van der Waals surface area contributed by atoms with Crippen LogP contribution in [0.5, 0.6) is 0 Å². The molecule has 1 amide bonds. The number of hydrogen-bond acceptors (Lipinski definition) is 4. The predicted octanol–water partition coefficient (Wildman–Crippen LogP) is 1.93. The summed E-state index contributed by atoms with van der Waals surface area (Å²) >= 11 is 0. The lowest BCUT2D eigenvalue weighted by molar-refractivity contribution is -0.135. The van der Waals surface area contributed by atoms with E-state index < -0.39 is 10.0 Å². The van der Waals surface area contributed by atoms with Crippen LogP contribution in [0.15, 0.2) is 17.0 Å². The van der Waals surface area contributed by atoms with Crippen LogP contribution < -0.4 is 0 Å². The molecule has 6 nitrogen and oxygen atoms in total. The summed E-state index contributed by atoms with van der Waals surface area (Å²) in [4.78, 5) is 17.1. The summed E-state index contributed by atoms with van der Waals surface area (Å²) in [5, 5.41) is 0. The molecule has 1 atom stereocenters. The smallest absolute Gasteiger partial charge is 0.243 e. The van der Waals surface area contributed by atoms with Gasteiger partial charge in [-0.25, -0.2) is 8.42 Å². The minimum Gasteiger partial charge on any atom is -0.341 e. The molecule has 7 heteroatoms. The van der Waals surface area contributed by atoms with E-state index in [2.05, 4.69) is 4.90 Å². The number of benzene rings is 1. The van der Waals surface area contributed by atoms with E-state index in [1.54, 1.807) is 4.31 Å². The standard InChI is InChI=1S/C20H31N3O3S/c1-15-13-16(2)19(17(3)14-15)27(25,26)23-11-9-21(10-12-23)18(4)20(24)22-7-5-6-8-22/h13-14,18H,5-12H2,1-4H3/t18-/m1/s1. The molecule has 3 rings (SSSR count). The van der Waals surface area contributed by atoms with E-state index in [0.29, 0.717) is 31.1 Å². The van der Waals surface area contributed by atoms with Gasteiger partial charge in [0, 0.05) is 39.3 Å². The minimum atomic E-state index is -3.51. The number of sulfonamides is 1. The normalized spacial score (nSPS) is 20.8. The molecule has 0 N–H and O–H groups in total. The van der Waals surface area contributed by atoms with Crippen LogP contribution in [0.2, 0.25) is 0 Å². The van der Waals surface area contributed by atoms with Crippen molar-refractivity contribution in [2.24, 2.45) is 0 Å². The van der Waals surface area contributed by atoms with Crippen LogP contribution in [0, 0.1) is 20.8 Å². The van der Waals surface area contributed by atoms with Crippen LogP contribution in [0.25, 0.3) is 0 Å². The van der Waals surface area contributed by atoms with Crippen LogP contribution in [0.1, 0.15) is 36.5 Å². The molecule has 2 saturated heterocycles. The highest BCUT2D eigenvalue weighted by Crippen LogP contribution is 2.26. The third-order valence-corrected chi connectivity index (χ3v) is 8.00. The van der Waals surface area contributed by atoms with Crippen LogP contribution in [0.4, 0.5) is 0 Å². The second kappa shape index (κ2) is 7.89. The molecule has 0 radical (unpaired) electrons. The number of hydrogen-bond donors (Lipinski definition) is 0. The van der Waals surface area contributed by atoms with Crippen LogP contribution in [-0.4, -0.2) is 73.7 Å². The van der Waals surface area contributed by atoms with Gasteiger partial charge in [0.2, 0.25) is 15.9 Å². The highest BCUT2D eigenvalue weighted by molar-refractivity contribution is 7.89. The van der Waals surface area contributed by atoms with Crippen molar-refractivity contribution < 1.29 is 13.2 Å². The third kappa shape index (κ3) is 4.05. The van der Waals surface area contributed by atoms with E-state index in [1.165, 1.54) is 0 Å². The van der Waals surface area contributed by atoms with Crippen LogP contribution in [-0.2, 0) is 14.8 Å². The number of piperazine rings is 1. The Balaban J connectivity index is 1.69. The average Bonchev–Trinajstić information content (AvgIpc) is 3.14. The summed E-state index contributed by atoms with van der Waals surface area (Å²) in [7, 11) is -3.51. The van der Waals surface area contributed by atoms with E-state index in [9.17, 15) is 13.2 Å². The molecule has 1 aromatic carbocycles. The first kappa shape index (κ1) is 20.3. The number of carbonyl (C=O) groups is 1. The van der Waals surface area contributed by atoms with E-state index in [4.69, 9.17) is 0 Å². The fraction of sp³-hybridized carbons (Fsp3) is 0.650. The molecule has 2 aliphatic heterocycles. The van der Waals surface area contributed by atoms with Crippen molar-refractivity contribution in [2.45, 2.75) is 51.5 Å². The van der Waals surface area contributed by atoms with Crippen molar-refractivity contribution in [1.82, 2.24) is 14.1 Å². The minimum absolute atomic E-state index is 0.175. The maximum atomic E-state index is 13.2. The number of rotatable bonds is 4. The maximum absolute atomic E-state index is 13.2. The number of nitrogens with zero attached hydrogens (tertiary/aromatic N) is 3. The quantitative estimate of drug-likeness (QED) is 0.784. The molecule has 0 aromatic heterocycles. The van der Waals surface area contributed by atoms with E-state index in [0.717, 1.165) is 42.6 Å². The Bertz CT molecular complexity index is 785. The maximum Gasteiger partial charge on any atom is 0.243 e. The SMILES string of the molecule is Cc1cc(C)c(S(=O)(=O)N2CCN([C@H](C)C(=O)N3CCCC3)CC2)c(C)c1. The summed E-state index contributed by atoms with van der Waals surface area (Å²) in [6.45, 7) is 11.4. The molecule has 2 aliphatic rings. The van der Waals surface area contributed by atoms with Gasteiger partial charge in [-0.1, -0.05) is 17.7 Å². The third-order valence-electron chi connectivity index (χ3n) is 5.80. The lowest BCUT2D eigenvalue weighted by atomic mass is 10.1. The fourth-order valence-corrected chi connectivity index (χ4v) is 6.23. The molecule has 150 valence electrons. The molecule has 0 saturated carbocycles. The molecular formula is C20H31N3O3S. The first-order chi connectivity index (χ1) is 12.7. The van der Waals surface area contributed by atoms with Gasteiger partial charge in [0.15, 0.2) is 0 Å². The summed E-state index contributed by atoms with van der Waals surface area (Å²) < 4.78 is 28.0. The Labute approximate surface area is 163 Å². The number of aryl methyl sites for hydroxylation is 3. The Morgan fingerprint density at radius 2 is 1.44 bits per heavy atom. The number of amides is 1. The van der Waals surface area contributed by atoms with Gasteiger partial charge in [0.1, 0.15) is 0 Å². The Hall–Kier alpha value is -1.44. The molecule has 1 aromatic rings. The van der Waals surface area contributed by atoms with Gasteiger partial charge >= 0.3 is 0 Å². The molecule has 0 spiro atoms. The van der Waals surface area contributed by atoms with Crippen molar-refractivity contribution in [2.75, 3.05) is 39.3 Å². The Kier molecular flexibility index (Phi) is 5.93. The van der Waals surface area contributed by atoms with E-state index in [1.807, 2.05) is 44.7 Å². The zero-order chi connectivity index (χ0) is 19.8. The van der Waals surface area contributed by atoms with Crippen LogP contribution in [0.3, 0.4) is 0 Å². The second-order valence-corrected chi connectivity index (χ2v) is 9.75. The van der Waals surface area contributed by atoms with Gasteiger partial charge in [-0.15, -0.1) is 0 Å². The van der Waals surface area contributed by atoms with Crippen molar-refractivity contribution in [1.29, 1.82) is 0 Å². The highest BCUT2D eigenvalue weighted by atomic mass is 32.2. The average molecular weight is 394 g/mol. The lowest BCUT2D eigenvalue weighted by Crippen LogP contribution is -2.55. The molecule has 0 aliphatic carbocycles. The van der Waals surface area contributed by atoms with Gasteiger partial charge in [-0.05, 0) is 51.7 Å². The van der Waals surface area contributed by atoms with Crippen molar-refractivity contribution in [3.8, 4) is 0 Å². The predicted molar refractivity (Wildman–Crippen MR) is 106 cm³/mol. The zero-order valence-corrected chi connectivity index (χ0v) is 17.7. The van der Waals surface area contributed by atoms with Gasteiger partial charge in [-0.3, -0.25) is 9.69 Å². The molecule has 0 unspecified atom stereocenters. The molecule has 2 heterocycles. The topological polar surface area (TPSA) is 60.9 Å². The van der Waals surface area contributed by atoms with Gasteiger partial charge in [0.25, 0.3) is 0 Å². The van der Waals surface area contributed by atoms with Gasteiger partial charge in [0.05, 0.1) is 10.9 Å². The first-order valence-electron chi connectivity index (χ1n) is 9.82. The van der Waals surface area contributed by atoms with Gasteiger partial charge in [-0.2, -0.15) is 4.31 Å². The molecule has 0 bridgehead atoms. The fourth-order valence-electron chi connectivity index (χ4n) is 4.39. The van der Waals surface area contributed by atoms with Gasteiger partial charge < -0.3 is 4.90 Å². The molecular weight excluding hydrogens is 362 g/mol. The van der Waals surface area contributed by atoms with E-state index in [-0.39, 0.29) is 11.9 Å². The zero-order valence-electron chi connectivity index (χ0n) is 16.9. The van der Waals surface area contributed by atoms with E-state index >= 15 is 0 Å². The van der Waals surface area contributed by atoms with Crippen molar-refractivity contribution >= 4 is 15.9 Å². The molecule has 2 fully saturated rings. The van der Waals surface area contributed by atoms with Crippen molar-refractivity contribution in [3.63, 3.8) is 0 Å². The first-order valence-corrected chi connectivity index (χ1v) is 11.3.